The van der Waals surface area contributed by atoms with Crippen LogP contribution in [0.15, 0.2) is 22.9 Å². The van der Waals surface area contributed by atoms with Crippen LogP contribution >= 0.6 is 15.9 Å². The zero-order valence-corrected chi connectivity index (χ0v) is 12.5. The zero-order valence-electron chi connectivity index (χ0n) is 10.9. The average molecular weight is 326 g/mol. The van der Waals surface area contributed by atoms with Crippen molar-refractivity contribution < 1.29 is 9.84 Å². The minimum absolute atomic E-state index is 0.0594. The van der Waals surface area contributed by atoms with Gasteiger partial charge in [-0.15, -0.1) is 0 Å². The number of aliphatic hydroxyl groups is 1. The molecule has 6 heteroatoms. The Balaban J connectivity index is 2.20. The number of aliphatic hydroxyl groups excluding tert-OH is 1. The van der Waals surface area contributed by atoms with Crippen molar-refractivity contribution >= 4 is 15.9 Å². The molecule has 0 aliphatic carbocycles. The number of hydrogen-bond donors (Lipinski definition) is 1. The van der Waals surface area contributed by atoms with Crippen LogP contribution in [0.5, 0.6) is 5.75 Å². The van der Waals surface area contributed by atoms with Crippen LogP contribution in [0.2, 0.25) is 0 Å². The maximum Gasteiger partial charge on any atom is 0.164 e. The second kappa shape index (κ2) is 6.16. The van der Waals surface area contributed by atoms with E-state index in [1.165, 1.54) is 6.33 Å². The highest BCUT2D eigenvalue weighted by Crippen LogP contribution is 2.28. The number of benzene rings is 1. The minimum Gasteiger partial charge on any atom is -0.485 e. The molecule has 1 N–H and O–H groups in total. The third-order valence-electron chi connectivity index (χ3n) is 2.83. The summed E-state index contributed by atoms with van der Waals surface area (Å²) in [5.41, 5.74) is 1.73. The molecule has 1 aromatic heterocycles. The van der Waals surface area contributed by atoms with Crippen molar-refractivity contribution in [1.29, 1.82) is 0 Å². The average Bonchev–Trinajstić information content (AvgIpc) is 2.84. The van der Waals surface area contributed by atoms with E-state index in [9.17, 15) is 5.11 Å². The van der Waals surface area contributed by atoms with Gasteiger partial charge in [0.05, 0.1) is 6.61 Å². The lowest BCUT2D eigenvalue weighted by molar-refractivity contribution is 0.251. The molecule has 0 saturated carbocycles. The molecule has 0 amide bonds. The third-order valence-corrected chi connectivity index (χ3v) is 3.29. The molecule has 0 atom stereocenters. The van der Waals surface area contributed by atoms with Gasteiger partial charge in [0, 0.05) is 16.6 Å². The van der Waals surface area contributed by atoms with E-state index in [0.29, 0.717) is 12.4 Å². The highest BCUT2D eigenvalue weighted by Gasteiger charge is 2.10. The first-order valence-electron chi connectivity index (χ1n) is 6.05. The van der Waals surface area contributed by atoms with Crippen LogP contribution in [-0.4, -0.2) is 19.9 Å². The van der Waals surface area contributed by atoms with Gasteiger partial charge in [0.2, 0.25) is 0 Å². The number of ether oxygens (including phenoxy) is 1. The van der Waals surface area contributed by atoms with E-state index in [1.807, 2.05) is 26.0 Å². The molecule has 102 valence electrons. The summed E-state index contributed by atoms with van der Waals surface area (Å²) >= 11 is 3.41. The van der Waals surface area contributed by atoms with Gasteiger partial charge >= 0.3 is 0 Å². The van der Waals surface area contributed by atoms with Crippen molar-refractivity contribution in [3.63, 3.8) is 0 Å². The Hall–Kier alpha value is -1.40. The van der Waals surface area contributed by atoms with E-state index < -0.39 is 0 Å². The largest absolute Gasteiger partial charge is 0.485 e. The van der Waals surface area contributed by atoms with E-state index in [2.05, 4.69) is 26.0 Å². The molecule has 0 bridgehead atoms. The van der Waals surface area contributed by atoms with Crippen LogP contribution in [0.4, 0.5) is 0 Å². The van der Waals surface area contributed by atoms with Crippen molar-refractivity contribution in [2.24, 2.45) is 0 Å². The Morgan fingerprint density at radius 1 is 1.42 bits per heavy atom. The number of aromatic nitrogens is 3. The van der Waals surface area contributed by atoms with Crippen LogP contribution < -0.4 is 4.74 Å². The maximum absolute atomic E-state index is 9.39. The van der Waals surface area contributed by atoms with Gasteiger partial charge in [-0.05, 0) is 31.5 Å². The highest BCUT2D eigenvalue weighted by atomic mass is 79.9. The van der Waals surface area contributed by atoms with Gasteiger partial charge in [0.1, 0.15) is 18.7 Å². The summed E-state index contributed by atoms with van der Waals surface area (Å²) in [6.45, 7) is 4.98. The summed E-state index contributed by atoms with van der Waals surface area (Å²) in [4.78, 5) is 4.16. The monoisotopic (exact) mass is 325 g/mol. The van der Waals surface area contributed by atoms with Gasteiger partial charge < -0.3 is 9.84 Å². The molecule has 0 radical (unpaired) electrons. The second-order valence-corrected chi connectivity index (χ2v) is 5.07. The Kier molecular flexibility index (Phi) is 4.55. The molecule has 0 spiro atoms. The summed E-state index contributed by atoms with van der Waals surface area (Å²) in [6, 6.07) is 3.81. The van der Waals surface area contributed by atoms with E-state index in [4.69, 9.17) is 4.74 Å². The lowest BCUT2D eigenvalue weighted by Gasteiger charge is -2.13. The highest BCUT2D eigenvalue weighted by molar-refractivity contribution is 9.10. The molecular formula is C13H16BrN3O2. The van der Waals surface area contributed by atoms with Crippen molar-refractivity contribution in [3.05, 3.63) is 39.9 Å². The SMILES string of the molecule is CCn1ncnc1COc1c(C)cc(Br)cc1CO. The van der Waals surface area contributed by atoms with Crippen LogP contribution in [0, 0.1) is 6.92 Å². The molecule has 0 aliphatic heterocycles. The van der Waals surface area contributed by atoms with Crippen molar-refractivity contribution in [2.75, 3.05) is 0 Å². The lowest BCUT2D eigenvalue weighted by Crippen LogP contribution is -2.08. The van der Waals surface area contributed by atoms with E-state index in [0.717, 1.165) is 28.0 Å². The van der Waals surface area contributed by atoms with Gasteiger partial charge in [-0.2, -0.15) is 5.10 Å². The topological polar surface area (TPSA) is 60.2 Å². The Labute approximate surface area is 120 Å². The van der Waals surface area contributed by atoms with Gasteiger partial charge in [0.15, 0.2) is 5.82 Å². The molecule has 19 heavy (non-hydrogen) atoms. The van der Waals surface area contributed by atoms with E-state index >= 15 is 0 Å². The molecule has 5 nitrogen and oxygen atoms in total. The van der Waals surface area contributed by atoms with Crippen molar-refractivity contribution in [1.82, 2.24) is 14.8 Å². The van der Waals surface area contributed by atoms with Gasteiger partial charge in [-0.25, -0.2) is 9.67 Å². The fourth-order valence-electron chi connectivity index (χ4n) is 1.92. The van der Waals surface area contributed by atoms with Crippen LogP contribution in [0.25, 0.3) is 0 Å². The summed E-state index contributed by atoms with van der Waals surface area (Å²) in [7, 11) is 0. The van der Waals surface area contributed by atoms with Crippen molar-refractivity contribution in [3.8, 4) is 5.75 Å². The fourth-order valence-corrected chi connectivity index (χ4v) is 2.54. The number of rotatable bonds is 5. The first-order valence-corrected chi connectivity index (χ1v) is 6.84. The molecular weight excluding hydrogens is 310 g/mol. The Morgan fingerprint density at radius 3 is 2.89 bits per heavy atom. The van der Waals surface area contributed by atoms with Gasteiger partial charge in [-0.1, -0.05) is 15.9 Å². The number of halogens is 1. The Morgan fingerprint density at radius 2 is 2.21 bits per heavy atom. The predicted octanol–water partition coefficient (Wildman–Crippen LogP) is 2.44. The number of nitrogens with zero attached hydrogens (tertiary/aromatic N) is 3. The van der Waals surface area contributed by atoms with Gasteiger partial charge in [-0.3, -0.25) is 0 Å². The van der Waals surface area contributed by atoms with E-state index in [1.54, 1.807) is 4.68 Å². The first-order chi connectivity index (χ1) is 9.15. The smallest absolute Gasteiger partial charge is 0.164 e. The summed E-state index contributed by atoms with van der Waals surface area (Å²) in [6.07, 6.45) is 1.52. The summed E-state index contributed by atoms with van der Waals surface area (Å²) in [5.74, 6) is 1.48. The van der Waals surface area contributed by atoms with Crippen molar-refractivity contribution in [2.45, 2.75) is 33.6 Å². The number of hydrogen-bond acceptors (Lipinski definition) is 4. The van der Waals surface area contributed by atoms with Gasteiger partial charge in [0.25, 0.3) is 0 Å². The summed E-state index contributed by atoms with van der Waals surface area (Å²) in [5, 5.41) is 13.5. The normalized spacial score (nSPS) is 10.7. The molecule has 0 fully saturated rings. The second-order valence-electron chi connectivity index (χ2n) is 4.15. The molecule has 2 aromatic rings. The minimum atomic E-state index is -0.0594. The number of aryl methyl sites for hydroxylation is 2. The van der Waals surface area contributed by atoms with Crippen LogP contribution in [0.1, 0.15) is 23.9 Å². The standard InChI is InChI=1S/C13H16BrN3O2/c1-3-17-12(15-8-16-17)7-19-13-9(2)4-11(14)5-10(13)6-18/h4-5,8,18H,3,6-7H2,1-2H3. The van der Waals surface area contributed by atoms with E-state index in [-0.39, 0.29) is 6.61 Å². The van der Waals surface area contributed by atoms with Crippen LogP contribution in [-0.2, 0) is 19.8 Å². The zero-order chi connectivity index (χ0) is 13.8. The lowest BCUT2D eigenvalue weighted by atomic mass is 10.1. The Bertz CT molecular complexity index is 569. The quantitative estimate of drug-likeness (QED) is 0.917. The fraction of sp³-hybridized carbons (Fsp3) is 0.385. The summed E-state index contributed by atoms with van der Waals surface area (Å²) < 4.78 is 8.51. The first kappa shape index (κ1) is 14.0. The third kappa shape index (κ3) is 3.13. The molecule has 1 heterocycles. The molecule has 0 aliphatic rings. The predicted molar refractivity (Wildman–Crippen MR) is 74.8 cm³/mol. The molecule has 0 saturated heterocycles. The maximum atomic E-state index is 9.39. The molecule has 1 aromatic carbocycles. The molecule has 2 rings (SSSR count). The van der Waals surface area contributed by atoms with Crippen LogP contribution in [0.3, 0.4) is 0 Å². The molecule has 0 unspecified atom stereocenters.